The fourth-order valence-electron chi connectivity index (χ4n) is 2.19. The maximum absolute atomic E-state index is 11.7. The van der Waals surface area contributed by atoms with Gasteiger partial charge in [-0.05, 0) is 26.2 Å². The molecule has 0 aromatic rings. The normalized spacial score (nSPS) is 20.8. The van der Waals surface area contributed by atoms with Crippen molar-refractivity contribution in [3.63, 3.8) is 0 Å². The van der Waals surface area contributed by atoms with E-state index in [-0.39, 0.29) is 5.91 Å². The standard InChI is InChI=1S/C14H25NO3/c1-5-6-12(3)13(16)15-10-11(2)9-14(4)17-7-8-18-14/h6,11H,5,7-10H2,1-4H3,(H,15,16)/b12-6+/t11-/m0/s1. The van der Waals surface area contributed by atoms with Gasteiger partial charge in [-0.25, -0.2) is 0 Å². The van der Waals surface area contributed by atoms with Crippen molar-refractivity contribution in [3.8, 4) is 0 Å². The molecule has 1 heterocycles. The van der Waals surface area contributed by atoms with Crippen molar-refractivity contribution in [2.45, 2.75) is 46.3 Å². The fourth-order valence-corrected chi connectivity index (χ4v) is 2.19. The maximum atomic E-state index is 11.7. The second kappa shape index (κ2) is 6.90. The first kappa shape index (κ1) is 15.2. The summed E-state index contributed by atoms with van der Waals surface area (Å²) < 4.78 is 11.1. The van der Waals surface area contributed by atoms with Gasteiger partial charge in [-0.2, -0.15) is 0 Å². The lowest BCUT2D eigenvalue weighted by Crippen LogP contribution is -2.34. The van der Waals surface area contributed by atoms with E-state index in [4.69, 9.17) is 9.47 Å². The minimum Gasteiger partial charge on any atom is -0.352 e. The van der Waals surface area contributed by atoms with Crippen molar-refractivity contribution in [1.29, 1.82) is 0 Å². The molecule has 1 fully saturated rings. The zero-order chi connectivity index (χ0) is 13.6. The largest absolute Gasteiger partial charge is 0.352 e. The van der Waals surface area contributed by atoms with E-state index < -0.39 is 5.79 Å². The highest BCUT2D eigenvalue weighted by molar-refractivity contribution is 5.92. The van der Waals surface area contributed by atoms with Crippen LogP contribution in [0.2, 0.25) is 0 Å². The van der Waals surface area contributed by atoms with Gasteiger partial charge in [0, 0.05) is 18.5 Å². The number of allylic oxidation sites excluding steroid dienone is 1. The molecule has 104 valence electrons. The van der Waals surface area contributed by atoms with Gasteiger partial charge in [-0.3, -0.25) is 4.79 Å². The quantitative estimate of drug-likeness (QED) is 0.740. The molecule has 0 bridgehead atoms. The topological polar surface area (TPSA) is 47.6 Å². The monoisotopic (exact) mass is 255 g/mol. The Morgan fingerprint density at radius 1 is 1.44 bits per heavy atom. The minimum absolute atomic E-state index is 0.0158. The third kappa shape index (κ3) is 4.78. The number of hydrogen-bond donors (Lipinski definition) is 1. The van der Waals surface area contributed by atoms with Crippen molar-refractivity contribution in [3.05, 3.63) is 11.6 Å². The molecule has 0 spiro atoms. The molecule has 1 amide bonds. The van der Waals surface area contributed by atoms with Gasteiger partial charge < -0.3 is 14.8 Å². The van der Waals surface area contributed by atoms with Crippen molar-refractivity contribution in [2.24, 2.45) is 5.92 Å². The first-order valence-corrected chi connectivity index (χ1v) is 6.69. The van der Waals surface area contributed by atoms with E-state index >= 15 is 0 Å². The molecular formula is C14H25NO3. The van der Waals surface area contributed by atoms with Crippen LogP contribution in [0.3, 0.4) is 0 Å². The number of rotatable bonds is 6. The molecule has 1 aliphatic heterocycles. The van der Waals surface area contributed by atoms with E-state index in [1.165, 1.54) is 0 Å². The van der Waals surface area contributed by atoms with Gasteiger partial charge in [-0.15, -0.1) is 0 Å². The van der Waals surface area contributed by atoms with E-state index in [1.54, 1.807) is 0 Å². The summed E-state index contributed by atoms with van der Waals surface area (Å²) in [4.78, 5) is 11.7. The van der Waals surface area contributed by atoms with Gasteiger partial charge in [-0.1, -0.05) is 19.9 Å². The van der Waals surface area contributed by atoms with E-state index in [0.29, 0.717) is 25.7 Å². The molecule has 1 atom stereocenters. The molecule has 0 aromatic heterocycles. The molecule has 1 aliphatic rings. The van der Waals surface area contributed by atoms with E-state index in [1.807, 2.05) is 26.8 Å². The van der Waals surface area contributed by atoms with Crippen LogP contribution < -0.4 is 5.32 Å². The maximum Gasteiger partial charge on any atom is 0.246 e. The molecule has 0 aromatic carbocycles. The van der Waals surface area contributed by atoms with Gasteiger partial charge in [0.2, 0.25) is 5.91 Å². The second-order valence-corrected chi connectivity index (χ2v) is 5.15. The van der Waals surface area contributed by atoms with E-state index in [0.717, 1.165) is 18.4 Å². The zero-order valence-corrected chi connectivity index (χ0v) is 11.9. The Balaban J connectivity index is 2.30. The Morgan fingerprint density at radius 2 is 2.06 bits per heavy atom. The van der Waals surface area contributed by atoms with E-state index in [2.05, 4.69) is 12.2 Å². The lowest BCUT2D eigenvalue weighted by atomic mass is 10.0. The Morgan fingerprint density at radius 3 is 2.61 bits per heavy atom. The number of carbonyl (C=O) groups excluding carboxylic acids is 1. The van der Waals surface area contributed by atoms with Crippen LogP contribution in [-0.4, -0.2) is 31.5 Å². The number of amides is 1. The number of ether oxygens (including phenoxy) is 2. The first-order chi connectivity index (χ1) is 8.47. The summed E-state index contributed by atoms with van der Waals surface area (Å²) in [6.07, 6.45) is 3.61. The number of carbonyl (C=O) groups is 1. The van der Waals surface area contributed by atoms with E-state index in [9.17, 15) is 4.79 Å². The van der Waals surface area contributed by atoms with Gasteiger partial charge in [0.1, 0.15) is 0 Å². The molecule has 0 unspecified atom stereocenters. The average Bonchev–Trinajstić information content (AvgIpc) is 2.72. The van der Waals surface area contributed by atoms with Gasteiger partial charge >= 0.3 is 0 Å². The lowest BCUT2D eigenvalue weighted by Gasteiger charge is -2.26. The Labute approximate surface area is 110 Å². The molecule has 4 heteroatoms. The van der Waals surface area contributed by atoms with Crippen LogP contribution in [0.25, 0.3) is 0 Å². The number of hydrogen-bond acceptors (Lipinski definition) is 3. The Bertz CT molecular complexity index is 306. The molecule has 4 nitrogen and oxygen atoms in total. The number of nitrogens with one attached hydrogen (secondary N) is 1. The van der Waals surface area contributed by atoms with Crippen LogP contribution in [0, 0.1) is 5.92 Å². The predicted molar refractivity (Wildman–Crippen MR) is 71.1 cm³/mol. The summed E-state index contributed by atoms with van der Waals surface area (Å²) in [6, 6.07) is 0. The molecule has 18 heavy (non-hydrogen) atoms. The van der Waals surface area contributed by atoms with Gasteiger partial charge in [0.05, 0.1) is 13.2 Å². The first-order valence-electron chi connectivity index (χ1n) is 6.69. The summed E-state index contributed by atoms with van der Waals surface area (Å²) in [5.41, 5.74) is 0.782. The molecular weight excluding hydrogens is 230 g/mol. The molecule has 0 saturated carbocycles. The molecule has 1 N–H and O–H groups in total. The van der Waals surface area contributed by atoms with Gasteiger partial charge in [0.15, 0.2) is 5.79 Å². The van der Waals surface area contributed by atoms with Gasteiger partial charge in [0.25, 0.3) is 0 Å². The van der Waals surface area contributed by atoms with Crippen molar-refractivity contribution in [1.82, 2.24) is 5.32 Å². The van der Waals surface area contributed by atoms with Crippen molar-refractivity contribution >= 4 is 5.91 Å². The molecule has 1 saturated heterocycles. The second-order valence-electron chi connectivity index (χ2n) is 5.15. The summed E-state index contributed by atoms with van der Waals surface area (Å²) in [5.74, 6) is -0.132. The highest BCUT2D eigenvalue weighted by Gasteiger charge is 2.32. The van der Waals surface area contributed by atoms with Crippen molar-refractivity contribution < 1.29 is 14.3 Å². The minimum atomic E-state index is -0.474. The molecule has 0 radical (unpaired) electrons. The summed E-state index contributed by atoms with van der Waals surface area (Å²) in [5, 5.41) is 2.94. The summed E-state index contributed by atoms with van der Waals surface area (Å²) in [7, 11) is 0. The van der Waals surface area contributed by atoms with Crippen LogP contribution in [0.15, 0.2) is 11.6 Å². The lowest BCUT2D eigenvalue weighted by molar-refractivity contribution is -0.154. The highest BCUT2D eigenvalue weighted by atomic mass is 16.7. The summed E-state index contributed by atoms with van der Waals surface area (Å²) >= 11 is 0. The highest BCUT2D eigenvalue weighted by Crippen LogP contribution is 2.26. The zero-order valence-electron chi connectivity index (χ0n) is 11.9. The molecule has 1 rings (SSSR count). The van der Waals surface area contributed by atoms with Crippen molar-refractivity contribution in [2.75, 3.05) is 19.8 Å². The fraction of sp³-hybridized carbons (Fsp3) is 0.786. The smallest absolute Gasteiger partial charge is 0.246 e. The predicted octanol–water partition coefficient (Wildman–Crippen LogP) is 2.25. The van der Waals surface area contributed by atoms with Crippen LogP contribution in [-0.2, 0) is 14.3 Å². The van der Waals surface area contributed by atoms with Crippen LogP contribution in [0.1, 0.15) is 40.5 Å². The third-order valence-corrected chi connectivity index (χ3v) is 3.10. The third-order valence-electron chi connectivity index (χ3n) is 3.10. The Hall–Kier alpha value is -0.870. The average molecular weight is 255 g/mol. The van der Waals surface area contributed by atoms with Crippen LogP contribution in [0.4, 0.5) is 0 Å². The summed E-state index contributed by atoms with van der Waals surface area (Å²) in [6.45, 7) is 9.89. The SMILES string of the molecule is CC/C=C(\C)C(=O)NC[C@@H](C)CC1(C)OCCO1. The van der Waals surface area contributed by atoms with Crippen LogP contribution in [0.5, 0.6) is 0 Å². The Kier molecular flexibility index (Phi) is 5.82. The molecule has 0 aliphatic carbocycles. The van der Waals surface area contributed by atoms with Crippen LogP contribution >= 0.6 is 0 Å².